The molecule has 2 heterocycles. The first kappa shape index (κ1) is 21.2. The number of carboxylic acid groups (broad SMARTS) is 1. The van der Waals surface area contributed by atoms with Crippen molar-refractivity contribution in [3.8, 4) is 5.75 Å². The summed E-state index contributed by atoms with van der Waals surface area (Å²) in [6.07, 6.45) is 6.18. The molecule has 0 saturated heterocycles. The van der Waals surface area contributed by atoms with Crippen LogP contribution in [0.5, 0.6) is 5.75 Å². The van der Waals surface area contributed by atoms with E-state index in [4.69, 9.17) is 10.5 Å². The number of pyridine rings is 1. The van der Waals surface area contributed by atoms with Crippen LogP contribution in [0.15, 0.2) is 67.0 Å². The molecule has 0 amide bonds. The fraction of sp³-hybridized carbons (Fsp3) is 0.259. The predicted octanol–water partition coefficient (Wildman–Crippen LogP) is 4.77. The fourth-order valence-corrected chi connectivity index (χ4v) is 4.65. The number of benzene rings is 2. The minimum atomic E-state index is -0.873. The second-order valence-electron chi connectivity index (χ2n) is 8.69. The Kier molecular flexibility index (Phi) is 5.84. The van der Waals surface area contributed by atoms with Gasteiger partial charge in [-0.3, -0.25) is 9.78 Å². The Morgan fingerprint density at radius 3 is 2.82 bits per heavy atom. The number of nitrogens with two attached hydrogens (primary N) is 1. The SMILES string of the molecule is NCc1cc(C(c2cc(COc3ccccc3CC(=O)O)cc3[nH]ccc23)C2CC2)ccn1. The van der Waals surface area contributed by atoms with E-state index in [1.54, 1.807) is 6.07 Å². The number of ether oxygens (including phenoxy) is 1. The van der Waals surface area contributed by atoms with Crippen LogP contribution in [0.25, 0.3) is 10.9 Å². The molecule has 1 atom stereocenters. The summed E-state index contributed by atoms with van der Waals surface area (Å²) in [5.74, 6) is 0.607. The Morgan fingerprint density at radius 2 is 2.03 bits per heavy atom. The lowest BCUT2D eigenvalue weighted by Crippen LogP contribution is -2.08. The van der Waals surface area contributed by atoms with Crippen molar-refractivity contribution in [1.29, 1.82) is 0 Å². The van der Waals surface area contributed by atoms with Crippen molar-refractivity contribution in [2.45, 2.75) is 38.3 Å². The molecule has 4 N–H and O–H groups in total. The van der Waals surface area contributed by atoms with E-state index in [0.717, 1.165) is 16.8 Å². The summed E-state index contributed by atoms with van der Waals surface area (Å²) in [6, 6.07) is 18.0. The normalized spacial score (nSPS) is 14.3. The molecule has 1 saturated carbocycles. The quantitative estimate of drug-likeness (QED) is 0.347. The molecule has 1 unspecified atom stereocenters. The highest BCUT2D eigenvalue weighted by Gasteiger charge is 2.35. The number of aliphatic carboxylic acids is 1. The van der Waals surface area contributed by atoms with Crippen molar-refractivity contribution in [2.24, 2.45) is 11.7 Å². The molecule has 6 nitrogen and oxygen atoms in total. The van der Waals surface area contributed by atoms with E-state index in [1.165, 1.54) is 29.4 Å². The van der Waals surface area contributed by atoms with Crippen LogP contribution in [0.2, 0.25) is 0 Å². The van der Waals surface area contributed by atoms with Gasteiger partial charge in [-0.15, -0.1) is 0 Å². The molecule has 0 spiro atoms. The zero-order chi connectivity index (χ0) is 22.8. The highest BCUT2D eigenvalue weighted by Crippen LogP contribution is 2.48. The number of H-pyrrole nitrogens is 1. The Labute approximate surface area is 192 Å². The number of aromatic nitrogens is 2. The summed E-state index contributed by atoms with van der Waals surface area (Å²) in [4.78, 5) is 19.0. The predicted molar refractivity (Wildman–Crippen MR) is 127 cm³/mol. The molecule has 0 aliphatic heterocycles. The maximum atomic E-state index is 11.2. The summed E-state index contributed by atoms with van der Waals surface area (Å²) in [5, 5.41) is 10.4. The third-order valence-electron chi connectivity index (χ3n) is 6.31. The molecule has 1 aliphatic carbocycles. The van der Waals surface area contributed by atoms with Crippen LogP contribution in [-0.2, 0) is 24.4 Å². The van der Waals surface area contributed by atoms with Gasteiger partial charge in [0.15, 0.2) is 0 Å². The van der Waals surface area contributed by atoms with Gasteiger partial charge in [0.05, 0.1) is 12.1 Å². The zero-order valence-electron chi connectivity index (χ0n) is 18.3. The molecule has 2 aromatic heterocycles. The van der Waals surface area contributed by atoms with Gasteiger partial charge in [0, 0.05) is 41.3 Å². The molecule has 6 heteroatoms. The second kappa shape index (κ2) is 9.08. The minimum absolute atomic E-state index is 0.0631. The Bertz CT molecular complexity index is 1290. The smallest absolute Gasteiger partial charge is 0.307 e. The number of carboxylic acids is 1. The van der Waals surface area contributed by atoms with Crippen LogP contribution < -0.4 is 10.5 Å². The maximum absolute atomic E-state index is 11.2. The summed E-state index contributed by atoms with van der Waals surface area (Å²) in [6.45, 7) is 0.787. The summed E-state index contributed by atoms with van der Waals surface area (Å²) in [5.41, 5.74) is 12.1. The molecule has 5 rings (SSSR count). The number of carbonyl (C=O) groups is 1. The van der Waals surface area contributed by atoms with Crippen molar-refractivity contribution in [3.05, 3.63) is 94.9 Å². The zero-order valence-corrected chi connectivity index (χ0v) is 18.3. The van der Waals surface area contributed by atoms with Crippen LogP contribution >= 0.6 is 0 Å². The largest absolute Gasteiger partial charge is 0.489 e. The number of nitrogens with one attached hydrogen (secondary N) is 1. The van der Waals surface area contributed by atoms with Crippen LogP contribution in [-0.4, -0.2) is 21.0 Å². The second-order valence-corrected chi connectivity index (χ2v) is 8.69. The topological polar surface area (TPSA) is 101 Å². The van der Waals surface area contributed by atoms with Crippen LogP contribution in [0, 0.1) is 5.92 Å². The fourth-order valence-electron chi connectivity index (χ4n) is 4.65. The van der Waals surface area contributed by atoms with Gasteiger partial charge < -0.3 is 20.6 Å². The van der Waals surface area contributed by atoms with E-state index >= 15 is 0 Å². The molecule has 0 radical (unpaired) electrons. The standard InChI is InChI=1S/C27H27N3O3/c28-15-21-13-20(7-9-29-21)27(18-5-6-18)23-11-17(12-24-22(23)8-10-30-24)16-33-25-4-2-1-3-19(25)14-26(31)32/h1-4,7-13,18,27,30H,5-6,14-16,28H2,(H,31,32). The number of aromatic amines is 1. The van der Waals surface area contributed by atoms with Crippen molar-refractivity contribution in [1.82, 2.24) is 9.97 Å². The average Bonchev–Trinajstić information content (AvgIpc) is 3.53. The molecule has 168 valence electrons. The molecule has 2 aromatic carbocycles. The van der Waals surface area contributed by atoms with Gasteiger partial charge in [-0.2, -0.15) is 0 Å². The number of rotatable bonds is 9. The van der Waals surface area contributed by atoms with E-state index in [2.05, 4.69) is 40.3 Å². The Morgan fingerprint density at radius 1 is 1.18 bits per heavy atom. The number of nitrogens with zero attached hydrogens (tertiary/aromatic N) is 1. The first-order valence-corrected chi connectivity index (χ1v) is 11.3. The third-order valence-corrected chi connectivity index (χ3v) is 6.31. The first-order chi connectivity index (χ1) is 16.1. The molecular weight excluding hydrogens is 414 g/mol. The lowest BCUT2D eigenvalue weighted by Gasteiger charge is -2.21. The third kappa shape index (κ3) is 4.61. The van der Waals surface area contributed by atoms with E-state index in [0.29, 0.717) is 30.4 Å². The number of hydrogen-bond acceptors (Lipinski definition) is 4. The lowest BCUT2D eigenvalue weighted by atomic mass is 9.84. The van der Waals surface area contributed by atoms with E-state index in [1.807, 2.05) is 30.6 Å². The van der Waals surface area contributed by atoms with Gasteiger partial charge in [-0.1, -0.05) is 24.3 Å². The lowest BCUT2D eigenvalue weighted by molar-refractivity contribution is -0.136. The van der Waals surface area contributed by atoms with E-state index < -0.39 is 5.97 Å². The van der Waals surface area contributed by atoms with Gasteiger partial charge in [0.1, 0.15) is 12.4 Å². The molecule has 0 bridgehead atoms. The summed E-state index contributed by atoms with van der Waals surface area (Å²) in [7, 11) is 0. The van der Waals surface area contributed by atoms with Crippen LogP contribution in [0.3, 0.4) is 0 Å². The molecule has 1 aliphatic rings. The molecule has 4 aromatic rings. The maximum Gasteiger partial charge on any atom is 0.307 e. The van der Waals surface area contributed by atoms with Gasteiger partial charge in [-0.25, -0.2) is 0 Å². The van der Waals surface area contributed by atoms with Crippen molar-refractivity contribution in [3.63, 3.8) is 0 Å². The Hall–Kier alpha value is -3.64. The highest BCUT2D eigenvalue weighted by atomic mass is 16.5. The van der Waals surface area contributed by atoms with Crippen molar-refractivity contribution < 1.29 is 14.6 Å². The van der Waals surface area contributed by atoms with Crippen LogP contribution in [0.1, 0.15) is 46.7 Å². The monoisotopic (exact) mass is 441 g/mol. The summed E-state index contributed by atoms with van der Waals surface area (Å²) >= 11 is 0. The first-order valence-electron chi connectivity index (χ1n) is 11.3. The van der Waals surface area contributed by atoms with Crippen molar-refractivity contribution in [2.75, 3.05) is 0 Å². The number of para-hydroxylation sites is 1. The molecular formula is C27H27N3O3. The molecule has 1 fully saturated rings. The Balaban J connectivity index is 1.49. The van der Waals surface area contributed by atoms with Crippen molar-refractivity contribution >= 4 is 16.9 Å². The average molecular weight is 442 g/mol. The molecule has 33 heavy (non-hydrogen) atoms. The minimum Gasteiger partial charge on any atom is -0.489 e. The van der Waals surface area contributed by atoms with Crippen LogP contribution in [0.4, 0.5) is 0 Å². The van der Waals surface area contributed by atoms with Gasteiger partial charge >= 0.3 is 5.97 Å². The summed E-state index contributed by atoms with van der Waals surface area (Å²) < 4.78 is 6.10. The van der Waals surface area contributed by atoms with Gasteiger partial charge in [0.2, 0.25) is 0 Å². The van der Waals surface area contributed by atoms with E-state index in [-0.39, 0.29) is 12.3 Å². The van der Waals surface area contributed by atoms with Gasteiger partial charge in [0.25, 0.3) is 0 Å². The van der Waals surface area contributed by atoms with E-state index in [9.17, 15) is 9.90 Å². The highest BCUT2D eigenvalue weighted by molar-refractivity contribution is 5.85. The number of fused-ring (bicyclic) bond motifs is 1. The number of hydrogen-bond donors (Lipinski definition) is 3. The van der Waals surface area contributed by atoms with Gasteiger partial charge in [-0.05, 0) is 65.8 Å².